The summed E-state index contributed by atoms with van der Waals surface area (Å²) in [7, 11) is 0. The summed E-state index contributed by atoms with van der Waals surface area (Å²) in [6.45, 7) is 3.75. The quantitative estimate of drug-likeness (QED) is 0.494. The fourth-order valence-electron chi connectivity index (χ4n) is 3.00. The van der Waals surface area contributed by atoms with Crippen LogP contribution in [0.1, 0.15) is 16.8 Å². The third-order valence-corrected chi connectivity index (χ3v) is 4.50. The molecule has 2 N–H and O–H groups in total. The van der Waals surface area contributed by atoms with Crippen molar-refractivity contribution in [2.24, 2.45) is 0 Å². The summed E-state index contributed by atoms with van der Waals surface area (Å²) in [6.07, 6.45) is 3.24. The number of nitrogens with one attached hydrogen (secondary N) is 1. The van der Waals surface area contributed by atoms with Crippen LogP contribution in [-0.2, 0) is 0 Å². The number of nitrogens with zero attached hydrogens (tertiary/aromatic N) is 3. The first-order valence-corrected chi connectivity index (χ1v) is 9.45. The lowest BCUT2D eigenvalue weighted by Gasteiger charge is -2.12. The van der Waals surface area contributed by atoms with Crippen LogP contribution in [0.25, 0.3) is 10.9 Å². The first-order valence-electron chi connectivity index (χ1n) is 9.45. The van der Waals surface area contributed by atoms with Gasteiger partial charge in [0.25, 0.3) is 0 Å². The Balaban J connectivity index is 1.60. The molecule has 0 amide bonds. The Morgan fingerprint density at radius 2 is 1.90 bits per heavy atom. The predicted molar refractivity (Wildman–Crippen MR) is 117 cm³/mol. The zero-order valence-electron chi connectivity index (χ0n) is 16.7. The first-order chi connectivity index (χ1) is 14.6. The summed E-state index contributed by atoms with van der Waals surface area (Å²) in [6, 6.07) is 15.3. The van der Waals surface area contributed by atoms with Crippen molar-refractivity contribution in [2.75, 3.05) is 11.9 Å². The molecule has 0 fully saturated rings. The highest BCUT2D eigenvalue weighted by Crippen LogP contribution is 2.29. The van der Waals surface area contributed by atoms with Gasteiger partial charge in [0, 0.05) is 22.3 Å². The molecule has 0 aliphatic rings. The van der Waals surface area contributed by atoms with Crippen LogP contribution in [0.3, 0.4) is 0 Å². The van der Waals surface area contributed by atoms with Gasteiger partial charge in [-0.1, -0.05) is 11.8 Å². The molecule has 0 atom stereocenters. The zero-order chi connectivity index (χ0) is 20.9. The molecule has 2 aromatic heterocycles. The smallest absolute Gasteiger partial charge is 0.145 e. The van der Waals surface area contributed by atoms with Gasteiger partial charge in [-0.05, 0) is 67.9 Å². The monoisotopic (exact) mass is 396 g/mol. The summed E-state index contributed by atoms with van der Waals surface area (Å²) in [5, 5.41) is 13.1. The molecule has 0 aliphatic heterocycles. The van der Waals surface area contributed by atoms with Gasteiger partial charge >= 0.3 is 0 Å². The summed E-state index contributed by atoms with van der Waals surface area (Å²) in [4.78, 5) is 13.0. The van der Waals surface area contributed by atoms with Crippen LogP contribution < -0.4 is 10.1 Å². The molecule has 0 aliphatic carbocycles. The van der Waals surface area contributed by atoms with Crippen LogP contribution in [0.2, 0.25) is 0 Å². The SMILES string of the molecule is Cc1ccc(Oc2ccc(Nc3ncnc4ccc(C#CCO)cc34)cc2C)cn1. The van der Waals surface area contributed by atoms with E-state index in [0.717, 1.165) is 39.2 Å². The van der Waals surface area contributed by atoms with Crippen molar-refractivity contribution in [2.45, 2.75) is 13.8 Å². The van der Waals surface area contributed by atoms with Crippen molar-refractivity contribution in [1.29, 1.82) is 0 Å². The van der Waals surface area contributed by atoms with E-state index in [4.69, 9.17) is 9.84 Å². The van der Waals surface area contributed by atoms with Gasteiger partial charge in [-0.3, -0.25) is 4.98 Å². The molecule has 2 aromatic carbocycles. The number of aromatic nitrogens is 3. The average Bonchev–Trinajstić information content (AvgIpc) is 2.76. The molecule has 148 valence electrons. The normalized spacial score (nSPS) is 10.4. The van der Waals surface area contributed by atoms with E-state index in [9.17, 15) is 0 Å². The number of benzene rings is 2. The Morgan fingerprint density at radius 1 is 1.00 bits per heavy atom. The number of rotatable bonds is 4. The van der Waals surface area contributed by atoms with Gasteiger partial charge in [0.2, 0.25) is 0 Å². The molecule has 2 heterocycles. The molecule has 30 heavy (non-hydrogen) atoms. The molecular formula is C24H20N4O2. The van der Waals surface area contributed by atoms with Crippen molar-refractivity contribution >= 4 is 22.4 Å². The van der Waals surface area contributed by atoms with Crippen molar-refractivity contribution in [1.82, 2.24) is 15.0 Å². The molecule has 6 nitrogen and oxygen atoms in total. The third-order valence-electron chi connectivity index (χ3n) is 4.50. The second-order valence-corrected chi connectivity index (χ2v) is 6.76. The van der Waals surface area contributed by atoms with Gasteiger partial charge in [0.15, 0.2) is 0 Å². The number of aryl methyl sites for hydroxylation is 2. The lowest BCUT2D eigenvalue weighted by molar-refractivity contribution is 0.350. The van der Waals surface area contributed by atoms with E-state index in [1.54, 1.807) is 6.20 Å². The molecule has 0 spiro atoms. The lowest BCUT2D eigenvalue weighted by Crippen LogP contribution is -1.97. The van der Waals surface area contributed by atoms with Crippen LogP contribution >= 0.6 is 0 Å². The fraction of sp³-hybridized carbons (Fsp3) is 0.125. The van der Waals surface area contributed by atoms with Crippen LogP contribution in [0.5, 0.6) is 11.5 Å². The Kier molecular flexibility index (Phi) is 5.55. The largest absolute Gasteiger partial charge is 0.455 e. The number of hydrogen-bond acceptors (Lipinski definition) is 6. The molecule has 0 radical (unpaired) electrons. The van der Waals surface area contributed by atoms with Gasteiger partial charge in [-0.25, -0.2) is 9.97 Å². The summed E-state index contributed by atoms with van der Waals surface area (Å²) in [5.74, 6) is 7.72. The van der Waals surface area contributed by atoms with Crippen molar-refractivity contribution < 1.29 is 9.84 Å². The minimum atomic E-state index is -0.180. The molecule has 4 aromatic rings. The van der Waals surface area contributed by atoms with Crippen LogP contribution in [0.15, 0.2) is 61.1 Å². The number of aliphatic hydroxyl groups is 1. The second-order valence-electron chi connectivity index (χ2n) is 6.76. The Labute approximate surface area is 174 Å². The number of hydrogen-bond donors (Lipinski definition) is 2. The molecular weight excluding hydrogens is 376 g/mol. The number of aliphatic hydroxyl groups excluding tert-OH is 1. The highest BCUT2D eigenvalue weighted by molar-refractivity contribution is 5.91. The summed E-state index contributed by atoms with van der Waals surface area (Å²) in [5.41, 5.74) is 4.41. The van der Waals surface area contributed by atoms with Gasteiger partial charge in [0.1, 0.15) is 30.3 Å². The standard InChI is InChI=1S/C24H20N4O2/c1-16-12-19(7-10-23(16)30-20-8-5-17(2)25-14-20)28-24-21-13-18(4-3-11-29)6-9-22(21)26-15-27-24/h5-10,12-15,29H,11H2,1-2H3,(H,26,27,28). The minimum absolute atomic E-state index is 0.180. The Hall–Kier alpha value is -3.95. The van der Waals surface area contributed by atoms with Crippen molar-refractivity contribution in [3.63, 3.8) is 0 Å². The first kappa shape index (κ1) is 19.4. The maximum atomic E-state index is 8.92. The maximum Gasteiger partial charge on any atom is 0.145 e. The van der Waals surface area contributed by atoms with E-state index in [1.807, 2.05) is 62.4 Å². The molecule has 0 bridgehead atoms. The van der Waals surface area contributed by atoms with Crippen molar-refractivity contribution in [3.05, 3.63) is 77.9 Å². The predicted octanol–water partition coefficient (Wildman–Crippen LogP) is 4.52. The Morgan fingerprint density at radius 3 is 2.67 bits per heavy atom. The van der Waals surface area contributed by atoms with Gasteiger partial charge in [-0.2, -0.15) is 0 Å². The van der Waals surface area contributed by atoms with E-state index in [1.165, 1.54) is 6.33 Å². The fourth-order valence-corrected chi connectivity index (χ4v) is 3.00. The lowest BCUT2D eigenvalue weighted by atomic mass is 10.1. The maximum absolute atomic E-state index is 8.92. The van der Waals surface area contributed by atoms with Crippen LogP contribution in [0.4, 0.5) is 11.5 Å². The average molecular weight is 396 g/mol. The summed E-state index contributed by atoms with van der Waals surface area (Å²) >= 11 is 0. The molecule has 6 heteroatoms. The van der Waals surface area contributed by atoms with E-state index in [0.29, 0.717) is 11.6 Å². The van der Waals surface area contributed by atoms with Crippen LogP contribution in [-0.4, -0.2) is 26.7 Å². The molecule has 4 rings (SSSR count). The molecule has 0 unspecified atom stereocenters. The van der Waals surface area contributed by atoms with E-state index in [-0.39, 0.29) is 6.61 Å². The highest BCUT2D eigenvalue weighted by atomic mass is 16.5. The molecule has 0 saturated carbocycles. The van der Waals surface area contributed by atoms with E-state index < -0.39 is 0 Å². The third kappa shape index (κ3) is 4.37. The van der Waals surface area contributed by atoms with E-state index in [2.05, 4.69) is 32.1 Å². The minimum Gasteiger partial charge on any atom is -0.455 e. The number of fused-ring (bicyclic) bond motifs is 1. The van der Waals surface area contributed by atoms with Gasteiger partial charge < -0.3 is 15.2 Å². The topological polar surface area (TPSA) is 80.2 Å². The molecule has 0 saturated heterocycles. The number of pyridine rings is 1. The summed E-state index contributed by atoms with van der Waals surface area (Å²) < 4.78 is 5.94. The highest BCUT2D eigenvalue weighted by Gasteiger charge is 2.08. The second kappa shape index (κ2) is 8.60. The van der Waals surface area contributed by atoms with Crippen molar-refractivity contribution in [3.8, 4) is 23.3 Å². The number of anilines is 2. The number of ether oxygens (including phenoxy) is 1. The van der Waals surface area contributed by atoms with Gasteiger partial charge in [-0.15, -0.1) is 0 Å². The van der Waals surface area contributed by atoms with E-state index >= 15 is 0 Å². The van der Waals surface area contributed by atoms with Gasteiger partial charge in [0.05, 0.1) is 11.7 Å². The Bertz CT molecular complexity index is 1260. The zero-order valence-corrected chi connectivity index (χ0v) is 16.7. The van der Waals surface area contributed by atoms with Crippen LogP contribution in [0, 0.1) is 25.7 Å².